The summed E-state index contributed by atoms with van der Waals surface area (Å²) in [4.78, 5) is 22.3. The average Bonchev–Trinajstić information content (AvgIpc) is 2.35. The van der Waals surface area contributed by atoms with Crippen molar-refractivity contribution in [3.05, 3.63) is 29.8 Å². The number of rotatable bonds is 7. The van der Waals surface area contributed by atoms with E-state index < -0.39 is 5.24 Å². The average molecular weight is 269 g/mol. The Balaban J connectivity index is 2.37. The number of hydrogen-bond donors (Lipinski definition) is 0. The number of unbranched alkanes of at least 4 members (excludes halogenated alkanes) is 3. The Hall–Kier alpha value is -1.35. The molecule has 18 heavy (non-hydrogen) atoms. The second-order valence-corrected chi connectivity index (χ2v) is 4.43. The van der Waals surface area contributed by atoms with E-state index in [2.05, 4.69) is 6.92 Å². The highest BCUT2D eigenvalue weighted by Gasteiger charge is 2.06. The summed E-state index contributed by atoms with van der Waals surface area (Å²) in [6.45, 7) is 2.12. The van der Waals surface area contributed by atoms with Crippen LogP contribution in [0.25, 0.3) is 0 Å². The van der Waals surface area contributed by atoms with Crippen molar-refractivity contribution in [2.24, 2.45) is 0 Å². The van der Waals surface area contributed by atoms with E-state index in [0.29, 0.717) is 17.7 Å². The first-order valence-electron chi connectivity index (χ1n) is 6.14. The molecule has 0 amide bonds. The lowest BCUT2D eigenvalue weighted by atomic mass is 10.1. The van der Waals surface area contributed by atoms with E-state index in [0.717, 1.165) is 25.7 Å². The maximum atomic E-state index is 11.5. The van der Waals surface area contributed by atoms with Crippen LogP contribution in [0, 0.1) is 0 Å². The third kappa shape index (κ3) is 5.32. The highest BCUT2D eigenvalue weighted by atomic mass is 35.5. The Labute approximate surface area is 112 Å². The molecule has 0 aliphatic rings. The van der Waals surface area contributed by atoms with E-state index in [1.807, 2.05) is 0 Å². The lowest BCUT2D eigenvalue weighted by Gasteiger charge is -2.04. The first-order valence-corrected chi connectivity index (χ1v) is 6.52. The Morgan fingerprint density at radius 2 is 1.78 bits per heavy atom. The molecule has 0 aromatic heterocycles. The summed E-state index contributed by atoms with van der Waals surface area (Å²) in [5.41, 5.74) is 0.388. The fraction of sp³-hybridized carbons (Fsp3) is 0.429. The third-order valence-corrected chi connectivity index (χ3v) is 2.77. The monoisotopic (exact) mass is 268 g/mol. The minimum absolute atomic E-state index is 0.240. The van der Waals surface area contributed by atoms with Crippen LogP contribution in [0.4, 0.5) is 0 Å². The fourth-order valence-corrected chi connectivity index (χ4v) is 1.66. The summed E-state index contributed by atoms with van der Waals surface area (Å²) in [6, 6.07) is 6.21. The van der Waals surface area contributed by atoms with Gasteiger partial charge in [0.1, 0.15) is 5.75 Å². The smallest absolute Gasteiger partial charge is 0.311 e. The number of benzene rings is 1. The highest BCUT2D eigenvalue weighted by Crippen LogP contribution is 2.15. The molecule has 0 N–H and O–H groups in total. The molecule has 0 saturated heterocycles. The topological polar surface area (TPSA) is 43.4 Å². The molecule has 0 radical (unpaired) electrons. The van der Waals surface area contributed by atoms with Crippen molar-refractivity contribution >= 4 is 22.8 Å². The maximum Gasteiger partial charge on any atom is 0.311 e. The van der Waals surface area contributed by atoms with Gasteiger partial charge in [0, 0.05) is 12.0 Å². The molecule has 1 rings (SSSR count). The molecule has 0 atom stereocenters. The van der Waals surface area contributed by atoms with Crippen molar-refractivity contribution in [1.29, 1.82) is 0 Å². The number of halogens is 1. The molecule has 0 saturated carbocycles. The van der Waals surface area contributed by atoms with Crippen molar-refractivity contribution in [1.82, 2.24) is 0 Å². The largest absolute Gasteiger partial charge is 0.427 e. The summed E-state index contributed by atoms with van der Waals surface area (Å²) in [7, 11) is 0. The first kappa shape index (κ1) is 14.7. The van der Waals surface area contributed by atoms with Crippen molar-refractivity contribution in [3.63, 3.8) is 0 Å². The predicted octanol–water partition coefficient (Wildman–Crippen LogP) is 3.94. The summed E-state index contributed by atoms with van der Waals surface area (Å²) in [6.07, 6.45) is 4.61. The lowest BCUT2D eigenvalue weighted by Crippen LogP contribution is -2.07. The Morgan fingerprint density at radius 3 is 2.33 bits per heavy atom. The minimum atomic E-state index is -0.521. The zero-order valence-electron chi connectivity index (χ0n) is 10.4. The summed E-state index contributed by atoms with van der Waals surface area (Å²) >= 11 is 5.31. The molecule has 3 nitrogen and oxygen atoms in total. The molecule has 1 aromatic carbocycles. The van der Waals surface area contributed by atoms with E-state index in [1.54, 1.807) is 12.1 Å². The number of carbonyl (C=O) groups is 2. The quantitative estimate of drug-likeness (QED) is 0.326. The fourth-order valence-electron chi connectivity index (χ4n) is 1.53. The van der Waals surface area contributed by atoms with Gasteiger partial charge in [-0.05, 0) is 42.3 Å². The highest BCUT2D eigenvalue weighted by molar-refractivity contribution is 6.67. The van der Waals surface area contributed by atoms with Crippen LogP contribution in [0.3, 0.4) is 0 Å². The van der Waals surface area contributed by atoms with Crippen LogP contribution < -0.4 is 4.74 Å². The van der Waals surface area contributed by atoms with Gasteiger partial charge in [0.2, 0.25) is 0 Å². The van der Waals surface area contributed by atoms with Crippen LogP contribution in [0.2, 0.25) is 0 Å². The lowest BCUT2D eigenvalue weighted by molar-refractivity contribution is -0.134. The van der Waals surface area contributed by atoms with Crippen LogP contribution >= 0.6 is 11.6 Å². The molecule has 0 aliphatic heterocycles. The van der Waals surface area contributed by atoms with Gasteiger partial charge in [0.05, 0.1) is 0 Å². The van der Waals surface area contributed by atoms with Crippen LogP contribution in [0.15, 0.2) is 24.3 Å². The van der Waals surface area contributed by atoms with E-state index >= 15 is 0 Å². The van der Waals surface area contributed by atoms with Crippen molar-refractivity contribution in [3.8, 4) is 5.75 Å². The Kier molecular flexibility index (Phi) is 6.44. The van der Waals surface area contributed by atoms with Crippen molar-refractivity contribution in [2.45, 2.75) is 39.0 Å². The summed E-state index contributed by atoms with van der Waals surface area (Å²) < 4.78 is 5.14. The van der Waals surface area contributed by atoms with E-state index in [-0.39, 0.29) is 5.97 Å². The van der Waals surface area contributed by atoms with E-state index in [4.69, 9.17) is 16.3 Å². The van der Waals surface area contributed by atoms with Gasteiger partial charge in [0.15, 0.2) is 0 Å². The van der Waals surface area contributed by atoms with Gasteiger partial charge in [-0.2, -0.15) is 0 Å². The van der Waals surface area contributed by atoms with Crippen LogP contribution in [-0.4, -0.2) is 11.2 Å². The second kappa shape index (κ2) is 7.88. The van der Waals surface area contributed by atoms with Crippen molar-refractivity contribution in [2.75, 3.05) is 0 Å². The van der Waals surface area contributed by atoms with Gasteiger partial charge < -0.3 is 4.74 Å². The van der Waals surface area contributed by atoms with Gasteiger partial charge in [-0.15, -0.1) is 0 Å². The first-order chi connectivity index (χ1) is 8.63. The van der Waals surface area contributed by atoms with Crippen LogP contribution in [0.5, 0.6) is 5.75 Å². The molecule has 98 valence electrons. The van der Waals surface area contributed by atoms with Crippen molar-refractivity contribution < 1.29 is 14.3 Å². The van der Waals surface area contributed by atoms with Gasteiger partial charge in [0.25, 0.3) is 5.24 Å². The van der Waals surface area contributed by atoms with Crippen LogP contribution in [-0.2, 0) is 4.79 Å². The molecule has 4 heteroatoms. The molecule has 0 spiro atoms. The van der Waals surface area contributed by atoms with Gasteiger partial charge >= 0.3 is 5.97 Å². The molecule has 0 heterocycles. The second-order valence-electron chi connectivity index (χ2n) is 4.08. The molecular formula is C14H17ClO3. The van der Waals surface area contributed by atoms with Gasteiger partial charge in [-0.3, -0.25) is 9.59 Å². The standard InChI is InChI=1S/C14H17ClO3/c1-2-3-4-5-6-13(16)18-12-9-7-11(8-10-12)14(15)17/h7-10H,2-6H2,1H3. The Bertz CT molecular complexity index is 398. The van der Waals surface area contributed by atoms with E-state index in [9.17, 15) is 9.59 Å². The molecule has 1 aromatic rings. The number of hydrogen-bond acceptors (Lipinski definition) is 3. The molecule has 0 aliphatic carbocycles. The van der Waals surface area contributed by atoms with Gasteiger partial charge in [-0.25, -0.2) is 0 Å². The molecule has 0 bridgehead atoms. The minimum Gasteiger partial charge on any atom is -0.427 e. The Morgan fingerprint density at radius 1 is 1.11 bits per heavy atom. The zero-order valence-corrected chi connectivity index (χ0v) is 11.2. The number of ether oxygens (including phenoxy) is 1. The summed E-state index contributed by atoms with van der Waals surface area (Å²) in [5, 5.41) is -0.521. The molecule has 0 fully saturated rings. The van der Waals surface area contributed by atoms with Gasteiger partial charge in [-0.1, -0.05) is 26.2 Å². The zero-order chi connectivity index (χ0) is 13.4. The summed E-state index contributed by atoms with van der Waals surface area (Å²) in [5.74, 6) is 0.202. The number of carbonyl (C=O) groups excluding carboxylic acids is 2. The molecule has 0 unspecified atom stereocenters. The SMILES string of the molecule is CCCCCCC(=O)Oc1ccc(C(=O)Cl)cc1. The molecular weight excluding hydrogens is 252 g/mol. The predicted molar refractivity (Wildman–Crippen MR) is 71.0 cm³/mol. The third-order valence-electron chi connectivity index (χ3n) is 2.55. The normalized spacial score (nSPS) is 10.1. The number of esters is 1. The van der Waals surface area contributed by atoms with E-state index in [1.165, 1.54) is 12.1 Å². The van der Waals surface area contributed by atoms with Crippen LogP contribution in [0.1, 0.15) is 49.4 Å². The maximum absolute atomic E-state index is 11.5.